The van der Waals surface area contributed by atoms with Gasteiger partial charge < -0.3 is 9.88 Å². The van der Waals surface area contributed by atoms with Gasteiger partial charge in [0.2, 0.25) is 0 Å². The van der Waals surface area contributed by atoms with E-state index in [1.165, 1.54) is 5.69 Å². The van der Waals surface area contributed by atoms with Crippen LogP contribution in [0.5, 0.6) is 0 Å². The van der Waals surface area contributed by atoms with Crippen LogP contribution in [0.3, 0.4) is 0 Å². The van der Waals surface area contributed by atoms with Crippen molar-refractivity contribution >= 4 is 0 Å². The molecular formula is C13H21N5. The van der Waals surface area contributed by atoms with E-state index in [1.54, 1.807) is 0 Å². The van der Waals surface area contributed by atoms with E-state index < -0.39 is 0 Å². The van der Waals surface area contributed by atoms with Gasteiger partial charge in [-0.3, -0.25) is 4.68 Å². The average molecular weight is 247 g/mol. The van der Waals surface area contributed by atoms with E-state index in [4.69, 9.17) is 0 Å². The Balaban J connectivity index is 1.93. The molecule has 0 aliphatic carbocycles. The van der Waals surface area contributed by atoms with Crippen LogP contribution in [-0.4, -0.2) is 19.3 Å². The lowest BCUT2D eigenvalue weighted by Gasteiger charge is -2.06. The predicted octanol–water partition coefficient (Wildman–Crippen LogP) is 1.49. The molecule has 5 nitrogen and oxygen atoms in total. The van der Waals surface area contributed by atoms with Crippen LogP contribution >= 0.6 is 0 Å². The smallest absolute Gasteiger partial charge is 0.122 e. The van der Waals surface area contributed by atoms with E-state index in [1.807, 2.05) is 24.0 Å². The van der Waals surface area contributed by atoms with Crippen LogP contribution in [-0.2, 0) is 33.1 Å². The normalized spacial score (nSPS) is 11.1. The van der Waals surface area contributed by atoms with Gasteiger partial charge in [0.15, 0.2) is 0 Å². The molecule has 0 aliphatic heterocycles. The maximum Gasteiger partial charge on any atom is 0.122 e. The Morgan fingerprint density at radius 3 is 2.72 bits per heavy atom. The number of imidazole rings is 1. The van der Waals surface area contributed by atoms with Crippen molar-refractivity contribution in [3.05, 3.63) is 35.7 Å². The molecular weight excluding hydrogens is 226 g/mol. The first-order chi connectivity index (χ1) is 8.74. The number of hydrogen-bond acceptors (Lipinski definition) is 3. The Labute approximate surface area is 108 Å². The fourth-order valence-electron chi connectivity index (χ4n) is 1.97. The summed E-state index contributed by atoms with van der Waals surface area (Å²) in [5, 5.41) is 7.95. The Morgan fingerprint density at radius 2 is 2.11 bits per heavy atom. The van der Waals surface area contributed by atoms with Crippen LogP contribution in [0.1, 0.15) is 31.1 Å². The van der Waals surface area contributed by atoms with Crippen molar-refractivity contribution in [3.63, 3.8) is 0 Å². The fourth-order valence-corrected chi connectivity index (χ4v) is 1.97. The highest BCUT2D eigenvalue weighted by Gasteiger charge is 2.05. The number of aryl methyl sites for hydroxylation is 3. The standard InChI is InChI=1S/C13H21N5/c1-4-11-8-12(18(5-2)16-11)9-14-10-13-15-6-7-17(13)3/h6-8,14H,4-5,9-10H2,1-3H3. The second-order valence-electron chi connectivity index (χ2n) is 4.35. The van der Waals surface area contributed by atoms with E-state index in [-0.39, 0.29) is 0 Å². The summed E-state index contributed by atoms with van der Waals surface area (Å²) in [5.74, 6) is 1.05. The van der Waals surface area contributed by atoms with E-state index in [0.717, 1.165) is 37.6 Å². The second kappa shape index (κ2) is 5.82. The first-order valence-electron chi connectivity index (χ1n) is 6.47. The maximum absolute atomic E-state index is 4.54. The number of hydrogen-bond donors (Lipinski definition) is 1. The van der Waals surface area contributed by atoms with Crippen molar-refractivity contribution in [1.29, 1.82) is 0 Å². The number of rotatable bonds is 6. The fraction of sp³-hybridized carbons (Fsp3) is 0.538. The minimum absolute atomic E-state index is 0.778. The third kappa shape index (κ3) is 2.79. The number of aromatic nitrogens is 4. The molecule has 2 aromatic heterocycles. The predicted molar refractivity (Wildman–Crippen MR) is 71.0 cm³/mol. The van der Waals surface area contributed by atoms with E-state index in [2.05, 4.69) is 40.0 Å². The van der Waals surface area contributed by atoms with Crippen LogP contribution in [0.4, 0.5) is 0 Å². The molecule has 18 heavy (non-hydrogen) atoms. The zero-order chi connectivity index (χ0) is 13.0. The van der Waals surface area contributed by atoms with Gasteiger partial charge in [0.25, 0.3) is 0 Å². The monoisotopic (exact) mass is 247 g/mol. The first-order valence-corrected chi connectivity index (χ1v) is 6.47. The van der Waals surface area contributed by atoms with Gasteiger partial charge in [0.1, 0.15) is 5.82 Å². The quantitative estimate of drug-likeness (QED) is 0.841. The van der Waals surface area contributed by atoms with Crippen molar-refractivity contribution in [2.45, 2.75) is 39.9 Å². The molecule has 5 heteroatoms. The van der Waals surface area contributed by atoms with Crippen LogP contribution < -0.4 is 5.32 Å². The molecule has 0 radical (unpaired) electrons. The molecule has 98 valence electrons. The molecule has 1 N–H and O–H groups in total. The molecule has 2 heterocycles. The largest absolute Gasteiger partial charge is 0.337 e. The van der Waals surface area contributed by atoms with Gasteiger partial charge in [-0.1, -0.05) is 6.92 Å². The Kier molecular flexibility index (Phi) is 4.15. The zero-order valence-corrected chi connectivity index (χ0v) is 11.3. The Bertz CT molecular complexity index is 497. The summed E-state index contributed by atoms with van der Waals surface area (Å²) in [5.41, 5.74) is 2.40. The first kappa shape index (κ1) is 12.8. The highest BCUT2D eigenvalue weighted by molar-refractivity contribution is 5.10. The number of nitrogens with zero attached hydrogens (tertiary/aromatic N) is 4. The molecule has 0 atom stereocenters. The van der Waals surface area contributed by atoms with Crippen molar-refractivity contribution in [2.75, 3.05) is 0 Å². The van der Waals surface area contributed by atoms with Gasteiger partial charge >= 0.3 is 0 Å². The highest BCUT2D eigenvalue weighted by atomic mass is 15.3. The Hall–Kier alpha value is -1.62. The lowest BCUT2D eigenvalue weighted by Crippen LogP contribution is -2.18. The molecule has 0 amide bonds. The summed E-state index contributed by atoms with van der Waals surface area (Å²) in [6.07, 6.45) is 4.77. The van der Waals surface area contributed by atoms with Crippen LogP contribution in [0.2, 0.25) is 0 Å². The molecule has 0 saturated carbocycles. The van der Waals surface area contributed by atoms with E-state index >= 15 is 0 Å². The second-order valence-corrected chi connectivity index (χ2v) is 4.35. The molecule has 0 spiro atoms. The molecule has 0 aliphatic rings. The van der Waals surface area contributed by atoms with E-state index in [9.17, 15) is 0 Å². The van der Waals surface area contributed by atoms with Gasteiger partial charge in [-0.2, -0.15) is 5.10 Å². The molecule has 0 bridgehead atoms. The van der Waals surface area contributed by atoms with Crippen molar-refractivity contribution in [1.82, 2.24) is 24.6 Å². The molecule has 2 rings (SSSR count). The lowest BCUT2D eigenvalue weighted by atomic mass is 10.3. The van der Waals surface area contributed by atoms with Gasteiger partial charge in [-0.05, 0) is 19.4 Å². The lowest BCUT2D eigenvalue weighted by molar-refractivity contribution is 0.566. The summed E-state index contributed by atoms with van der Waals surface area (Å²) < 4.78 is 4.09. The van der Waals surface area contributed by atoms with Gasteiger partial charge in [-0.25, -0.2) is 4.98 Å². The van der Waals surface area contributed by atoms with Crippen molar-refractivity contribution in [3.8, 4) is 0 Å². The summed E-state index contributed by atoms with van der Waals surface area (Å²) >= 11 is 0. The maximum atomic E-state index is 4.54. The molecule has 0 fully saturated rings. The van der Waals surface area contributed by atoms with Crippen molar-refractivity contribution < 1.29 is 0 Å². The molecule has 2 aromatic rings. The topological polar surface area (TPSA) is 47.7 Å². The van der Waals surface area contributed by atoms with Crippen LogP contribution in [0, 0.1) is 0 Å². The minimum atomic E-state index is 0.778. The minimum Gasteiger partial charge on any atom is -0.337 e. The number of nitrogens with one attached hydrogen (secondary N) is 1. The summed E-state index contributed by atoms with van der Waals surface area (Å²) in [4.78, 5) is 4.29. The van der Waals surface area contributed by atoms with Gasteiger partial charge in [-0.15, -0.1) is 0 Å². The summed E-state index contributed by atoms with van der Waals surface area (Å²) in [6.45, 7) is 6.77. The van der Waals surface area contributed by atoms with Crippen molar-refractivity contribution in [2.24, 2.45) is 7.05 Å². The summed E-state index contributed by atoms with van der Waals surface area (Å²) in [6, 6.07) is 2.18. The van der Waals surface area contributed by atoms with Gasteiger partial charge in [0.05, 0.1) is 17.9 Å². The van der Waals surface area contributed by atoms with Crippen LogP contribution in [0.15, 0.2) is 18.5 Å². The van der Waals surface area contributed by atoms with Gasteiger partial charge in [0, 0.05) is 32.5 Å². The third-order valence-corrected chi connectivity index (χ3v) is 3.09. The average Bonchev–Trinajstić information content (AvgIpc) is 2.96. The molecule has 0 unspecified atom stereocenters. The molecule has 0 aromatic carbocycles. The SMILES string of the molecule is CCc1cc(CNCc2nccn2C)n(CC)n1. The highest BCUT2D eigenvalue weighted by Crippen LogP contribution is 2.05. The Morgan fingerprint density at radius 1 is 1.28 bits per heavy atom. The third-order valence-electron chi connectivity index (χ3n) is 3.09. The summed E-state index contributed by atoms with van der Waals surface area (Å²) in [7, 11) is 2.01. The van der Waals surface area contributed by atoms with E-state index in [0.29, 0.717) is 0 Å². The zero-order valence-electron chi connectivity index (χ0n) is 11.3. The van der Waals surface area contributed by atoms with Crippen LogP contribution in [0.25, 0.3) is 0 Å². The molecule has 0 saturated heterocycles.